The fourth-order valence-electron chi connectivity index (χ4n) is 0.743. The van der Waals surface area contributed by atoms with E-state index < -0.39 is 15.7 Å². The maximum atomic E-state index is 11.2. The standard InChI is InChI=1S/C7H17N3O2S/c1-7(2,8)5-9-13(11,12)10-6-3-4-6/h6,9-10H,3-5,8H2,1-2H3. The molecule has 0 aromatic heterocycles. The summed E-state index contributed by atoms with van der Waals surface area (Å²) in [7, 11) is -3.33. The summed E-state index contributed by atoms with van der Waals surface area (Å²) < 4.78 is 27.4. The van der Waals surface area contributed by atoms with Crippen LogP contribution in [0.4, 0.5) is 0 Å². The minimum atomic E-state index is -3.33. The largest absolute Gasteiger partial charge is 0.324 e. The van der Waals surface area contributed by atoms with Crippen LogP contribution in [0.2, 0.25) is 0 Å². The molecule has 0 heterocycles. The van der Waals surface area contributed by atoms with Gasteiger partial charge in [0, 0.05) is 18.1 Å². The molecule has 4 N–H and O–H groups in total. The third-order valence-electron chi connectivity index (χ3n) is 1.62. The van der Waals surface area contributed by atoms with Crippen molar-refractivity contribution in [2.75, 3.05) is 6.54 Å². The molecule has 0 spiro atoms. The van der Waals surface area contributed by atoms with Crippen LogP contribution >= 0.6 is 0 Å². The Labute approximate surface area is 79.3 Å². The maximum Gasteiger partial charge on any atom is 0.277 e. The third kappa shape index (κ3) is 5.20. The van der Waals surface area contributed by atoms with E-state index in [1.54, 1.807) is 13.8 Å². The first-order valence-corrected chi connectivity index (χ1v) is 5.83. The number of rotatable bonds is 5. The van der Waals surface area contributed by atoms with E-state index >= 15 is 0 Å². The maximum absolute atomic E-state index is 11.2. The lowest BCUT2D eigenvalue weighted by molar-refractivity contribution is 0.493. The van der Waals surface area contributed by atoms with Gasteiger partial charge in [0.05, 0.1) is 0 Å². The van der Waals surface area contributed by atoms with Gasteiger partial charge in [0.2, 0.25) is 0 Å². The van der Waals surface area contributed by atoms with Gasteiger partial charge in [0.25, 0.3) is 10.2 Å². The molecule has 0 atom stereocenters. The molecular weight excluding hydrogens is 190 g/mol. The average Bonchev–Trinajstić information content (AvgIpc) is 2.66. The van der Waals surface area contributed by atoms with Gasteiger partial charge >= 0.3 is 0 Å². The molecule has 0 saturated heterocycles. The number of nitrogens with one attached hydrogen (secondary N) is 2. The predicted octanol–water partition coefficient (Wildman–Crippen LogP) is -0.690. The van der Waals surface area contributed by atoms with Crippen molar-refractivity contribution in [2.24, 2.45) is 5.73 Å². The summed E-state index contributed by atoms with van der Waals surface area (Å²) in [5.74, 6) is 0. The van der Waals surface area contributed by atoms with Crippen LogP contribution in [-0.4, -0.2) is 26.5 Å². The zero-order valence-corrected chi connectivity index (χ0v) is 8.82. The summed E-state index contributed by atoms with van der Waals surface area (Å²) in [6.45, 7) is 3.79. The zero-order valence-electron chi connectivity index (χ0n) is 8.00. The Bertz CT molecular complexity index is 264. The molecule has 0 radical (unpaired) electrons. The van der Waals surface area contributed by atoms with Crippen molar-refractivity contribution in [1.82, 2.24) is 9.44 Å². The van der Waals surface area contributed by atoms with Crippen LogP contribution in [0.25, 0.3) is 0 Å². The Morgan fingerprint density at radius 2 is 2.00 bits per heavy atom. The molecule has 0 aromatic carbocycles. The van der Waals surface area contributed by atoms with Crippen LogP contribution in [0.1, 0.15) is 26.7 Å². The lowest BCUT2D eigenvalue weighted by Gasteiger charge is -2.18. The van der Waals surface area contributed by atoms with Gasteiger partial charge in [-0.05, 0) is 26.7 Å². The van der Waals surface area contributed by atoms with Crippen molar-refractivity contribution < 1.29 is 8.42 Å². The predicted molar refractivity (Wildman–Crippen MR) is 51.3 cm³/mol. The molecule has 1 fully saturated rings. The summed E-state index contributed by atoms with van der Waals surface area (Å²) in [6, 6.07) is 0.137. The SMILES string of the molecule is CC(C)(N)CNS(=O)(=O)NC1CC1. The Morgan fingerprint density at radius 3 is 2.38 bits per heavy atom. The van der Waals surface area contributed by atoms with E-state index in [2.05, 4.69) is 9.44 Å². The van der Waals surface area contributed by atoms with Crippen molar-refractivity contribution in [3.05, 3.63) is 0 Å². The number of hydrogen-bond donors (Lipinski definition) is 3. The van der Waals surface area contributed by atoms with Crippen LogP contribution in [0, 0.1) is 0 Å². The van der Waals surface area contributed by atoms with Crippen molar-refractivity contribution >= 4 is 10.2 Å². The normalized spacial score (nSPS) is 19.0. The fourth-order valence-corrected chi connectivity index (χ4v) is 2.06. The van der Waals surface area contributed by atoms with Crippen molar-refractivity contribution in [3.8, 4) is 0 Å². The smallest absolute Gasteiger partial charge is 0.277 e. The average molecular weight is 207 g/mol. The van der Waals surface area contributed by atoms with E-state index in [1.165, 1.54) is 0 Å². The van der Waals surface area contributed by atoms with E-state index in [0.717, 1.165) is 12.8 Å². The second-order valence-corrected chi connectivity index (χ2v) is 5.74. The van der Waals surface area contributed by atoms with Crippen LogP contribution in [0.5, 0.6) is 0 Å². The minimum Gasteiger partial charge on any atom is -0.324 e. The van der Waals surface area contributed by atoms with Crippen molar-refractivity contribution in [2.45, 2.75) is 38.3 Å². The molecule has 0 bridgehead atoms. The molecule has 78 valence electrons. The van der Waals surface area contributed by atoms with Gasteiger partial charge in [0.15, 0.2) is 0 Å². The van der Waals surface area contributed by atoms with Gasteiger partial charge < -0.3 is 5.73 Å². The van der Waals surface area contributed by atoms with Gasteiger partial charge in [0.1, 0.15) is 0 Å². The van der Waals surface area contributed by atoms with Crippen molar-refractivity contribution in [1.29, 1.82) is 0 Å². The Balaban J connectivity index is 2.33. The quantitative estimate of drug-likeness (QED) is 0.558. The molecule has 1 aliphatic carbocycles. The highest BCUT2D eigenvalue weighted by Gasteiger charge is 2.27. The zero-order chi connectivity index (χ0) is 10.1. The molecule has 0 aromatic rings. The highest BCUT2D eigenvalue weighted by Crippen LogP contribution is 2.19. The van der Waals surface area contributed by atoms with Crippen molar-refractivity contribution in [3.63, 3.8) is 0 Å². The van der Waals surface area contributed by atoms with E-state index in [0.29, 0.717) is 0 Å². The molecular formula is C7H17N3O2S. The first-order valence-electron chi connectivity index (χ1n) is 4.34. The van der Waals surface area contributed by atoms with E-state index in [-0.39, 0.29) is 12.6 Å². The van der Waals surface area contributed by atoms with Gasteiger partial charge in [-0.2, -0.15) is 13.1 Å². The van der Waals surface area contributed by atoms with Gasteiger partial charge in [-0.25, -0.2) is 4.72 Å². The summed E-state index contributed by atoms with van der Waals surface area (Å²) in [5.41, 5.74) is 5.12. The Hall–Kier alpha value is -0.170. The molecule has 0 amide bonds. The lowest BCUT2D eigenvalue weighted by Crippen LogP contribution is -2.48. The van der Waals surface area contributed by atoms with E-state index in [9.17, 15) is 8.42 Å². The summed E-state index contributed by atoms with van der Waals surface area (Å²) in [5, 5.41) is 0. The molecule has 0 unspecified atom stereocenters. The first-order chi connectivity index (χ1) is 5.79. The first kappa shape index (κ1) is 10.9. The highest BCUT2D eigenvalue weighted by molar-refractivity contribution is 7.87. The van der Waals surface area contributed by atoms with Gasteiger partial charge in [-0.15, -0.1) is 0 Å². The second kappa shape index (κ2) is 3.53. The fraction of sp³-hybridized carbons (Fsp3) is 1.00. The third-order valence-corrected chi connectivity index (χ3v) is 2.78. The molecule has 5 nitrogen and oxygen atoms in total. The van der Waals surface area contributed by atoms with Crippen LogP contribution in [0.15, 0.2) is 0 Å². The monoisotopic (exact) mass is 207 g/mol. The van der Waals surface area contributed by atoms with Gasteiger partial charge in [-0.1, -0.05) is 0 Å². The number of hydrogen-bond acceptors (Lipinski definition) is 3. The summed E-state index contributed by atoms with van der Waals surface area (Å²) in [6.07, 6.45) is 1.87. The van der Waals surface area contributed by atoms with Crippen LogP contribution in [0.3, 0.4) is 0 Å². The molecule has 0 aliphatic heterocycles. The summed E-state index contributed by atoms with van der Waals surface area (Å²) >= 11 is 0. The molecule has 1 saturated carbocycles. The molecule has 6 heteroatoms. The lowest BCUT2D eigenvalue weighted by atomic mass is 10.1. The highest BCUT2D eigenvalue weighted by atomic mass is 32.2. The van der Waals surface area contributed by atoms with E-state index in [4.69, 9.17) is 5.73 Å². The molecule has 1 aliphatic rings. The molecule has 1 rings (SSSR count). The minimum absolute atomic E-state index is 0.137. The van der Waals surface area contributed by atoms with Crippen LogP contribution < -0.4 is 15.2 Å². The van der Waals surface area contributed by atoms with Crippen LogP contribution in [-0.2, 0) is 10.2 Å². The topological polar surface area (TPSA) is 84.2 Å². The second-order valence-electron chi connectivity index (χ2n) is 4.21. The Morgan fingerprint density at radius 1 is 1.46 bits per heavy atom. The number of nitrogens with two attached hydrogens (primary N) is 1. The summed E-state index contributed by atoms with van der Waals surface area (Å²) in [4.78, 5) is 0. The van der Waals surface area contributed by atoms with E-state index in [1.807, 2.05) is 0 Å². The Kier molecular flexibility index (Phi) is 2.96. The molecule has 13 heavy (non-hydrogen) atoms. The van der Waals surface area contributed by atoms with Gasteiger partial charge in [-0.3, -0.25) is 0 Å².